The van der Waals surface area contributed by atoms with Gasteiger partial charge in [-0.15, -0.1) is 0 Å². The average Bonchev–Trinajstić information content (AvgIpc) is 2.69. The summed E-state index contributed by atoms with van der Waals surface area (Å²) in [6, 6.07) is 15.5. The van der Waals surface area contributed by atoms with Crippen molar-refractivity contribution in [2.75, 3.05) is 5.32 Å². The number of carbonyl (C=O) groups excluding carboxylic acids is 1. The van der Waals surface area contributed by atoms with E-state index < -0.39 is 0 Å². The molecule has 0 fully saturated rings. The van der Waals surface area contributed by atoms with Crippen LogP contribution in [0.5, 0.6) is 0 Å². The fourth-order valence-corrected chi connectivity index (χ4v) is 4.73. The molecule has 0 saturated heterocycles. The van der Waals surface area contributed by atoms with Crippen LogP contribution in [0, 0.1) is 6.92 Å². The van der Waals surface area contributed by atoms with Gasteiger partial charge in [-0.25, -0.2) is 0 Å². The minimum Gasteiger partial charge on any atom is -0.312 e. The lowest BCUT2D eigenvalue weighted by molar-refractivity contribution is -0.116. The van der Waals surface area contributed by atoms with Gasteiger partial charge in [-0.2, -0.15) is 4.98 Å². The van der Waals surface area contributed by atoms with E-state index in [1.807, 2.05) is 62.5 Å². The molecule has 29 heavy (non-hydrogen) atoms. The molecule has 2 aromatic carbocycles. The van der Waals surface area contributed by atoms with Crippen LogP contribution in [0.15, 0.2) is 58.5 Å². The largest absolute Gasteiger partial charge is 0.312 e. The maximum Gasteiger partial charge on any atom is 0.279 e. The molecule has 1 aliphatic rings. The summed E-state index contributed by atoms with van der Waals surface area (Å²) in [6.45, 7) is 2.00. The quantitative estimate of drug-likeness (QED) is 0.493. The van der Waals surface area contributed by atoms with Gasteiger partial charge in [0.05, 0.1) is 5.56 Å². The van der Waals surface area contributed by atoms with Crippen molar-refractivity contribution in [3.63, 3.8) is 0 Å². The van der Waals surface area contributed by atoms with E-state index in [1.54, 1.807) is 4.57 Å². The van der Waals surface area contributed by atoms with Gasteiger partial charge in [-0.05, 0) is 30.2 Å². The number of anilines is 1. The van der Waals surface area contributed by atoms with E-state index >= 15 is 0 Å². The molecule has 2 heterocycles. The van der Waals surface area contributed by atoms with Crippen molar-refractivity contribution in [2.45, 2.75) is 30.2 Å². The van der Waals surface area contributed by atoms with E-state index in [9.17, 15) is 9.59 Å². The van der Waals surface area contributed by atoms with Crippen LogP contribution >= 0.6 is 23.4 Å². The first-order valence-electron chi connectivity index (χ1n) is 9.27. The van der Waals surface area contributed by atoms with Gasteiger partial charge in [-0.3, -0.25) is 9.59 Å². The zero-order valence-electron chi connectivity index (χ0n) is 16.1. The molecular weight excluding hydrogens is 406 g/mol. The standard InChI is InChI=1S/C22H20ClN3O2S/c1-13-5-3-7-15(9-13)17-11-18(27)24-20-19(17)21(28)25-22(26(20)2)29-12-14-6-4-8-16(23)10-14/h3-10,17H,11-12H2,1-2H3,(H,24,27). The summed E-state index contributed by atoms with van der Waals surface area (Å²) in [5.41, 5.74) is 3.34. The third-order valence-corrected chi connectivity index (χ3v) is 6.34. The Hall–Kier alpha value is -2.57. The van der Waals surface area contributed by atoms with Crippen molar-refractivity contribution in [3.8, 4) is 0 Å². The average molecular weight is 426 g/mol. The number of hydrogen-bond acceptors (Lipinski definition) is 4. The van der Waals surface area contributed by atoms with E-state index in [1.165, 1.54) is 11.8 Å². The number of amides is 1. The van der Waals surface area contributed by atoms with Gasteiger partial charge in [0.25, 0.3) is 5.56 Å². The summed E-state index contributed by atoms with van der Waals surface area (Å²) >= 11 is 7.49. The molecule has 0 radical (unpaired) electrons. The highest BCUT2D eigenvalue weighted by molar-refractivity contribution is 7.98. The van der Waals surface area contributed by atoms with E-state index in [-0.39, 0.29) is 23.8 Å². The van der Waals surface area contributed by atoms with Crippen LogP contribution in [-0.2, 0) is 17.6 Å². The third-order valence-electron chi connectivity index (χ3n) is 5.00. The fourth-order valence-electron chi connectivity index (χ4n) is 3.61. The second-order valence-electron chi connectivity index (χ2n) is 7.16. The molecule has 1 aliphatic heterocycles. The zero-order chi connectivity index (χ0) is 20.5. The lowest BCUT2D eigenvalue weighted by atomic mass is 9.86. The Balaban J connectivity index is 1.72. The minimum absolute atomic E-state index is 0.101. The molecule has 4 rings (SSSR count). The van der Waals surface area contributed by atoms with Crippen LogP contribution in [0.25, 0.3) is 0 Å². The summed E-state index contributed by atoms with van der Waals surface area (Å²) in [5, 5.41) is 4.11. The molecule has 1 unspecified atom stereocenters. The Morgan fingerprint density at radius 1 is 1.21 bits per heavy atom. The molecule has 1 N–H and O–H groups in total. The van der Waals surface area contributed by atoms with E-state index in [0.717, 1.165) is 16.7 Å². The molecule has 3 aromatic rings. The van der Waals surface area contributed by atoms with Crippen molar-refractivity contribution >= 4 is 35.1 Å². The fraction of sp³-hybridized carbons (Fsp3) is 0.227. The predicted octanol–water partition coefficient (Wildman–Crippen LogP) is 4.51. The number of nitrogens with zero attached hydrogens (tertiary/aromatic N) is 2. The highest BCUT2D eigenvalue weighted by atomic mass is 35.5. The first-order chi connectivity index (χ1) is 13.9. The summed E-state index contributed by atoms with van der Waals surface area (Å²) in [6.07, 6.45) is 0.238. The van der Waals surface area contributed by atoms with E-state index in [2.05, 4.69) is 10.3 Å². The second kappa shape index (κ2) is 8.05. The van der Waals surface area contributed by atoms with Gasteiger partial charge in [0.15, 0.2) is 5.16 Å². The normalized spacial score (nSPS) is 15.7. The van der Waals surface area contributed by atoms with E-state index in [4.69, 9.17) is 11.6 Å². The van der Waals surface area contributed by atoms with Crippen molar-refractivity contribution in [3.05, 3.63) is 86.2 Å². The highest BCUT2D eigenvalue weighted by Crippen LogP contribution is 2.36. The van der Waals surface area contributed by atoms with Crippen molar-refractivity contribution in [1.82, 2.24) is 9.55 Å². The maximum atomic E-state index is 13.0. The molecule has 0 saturated carbocycles. The first-order valence-corrected chi connectivity index (χ1v) is 10.6. The molecule has 0 spiro atoms. The number of rotatable bonds is 4. The number of thioether (sulfide) groups is 1. The van der Waals surface area contributed by atoms with Gasteiger partial charge in [0.2, 0.25) is 5.91 Å². The van der Waals surface area contributed by atoms with Crippen LogP contribution in [0.1, 0.15) is 34.6 Å². The van der Waals surface area contributed by atoms with Crippen molar-refractivity contribution < 1.29 is 4.79 Å². The number of hydrogen-bond donors (Lipinski definition) is 1. The van der Waals surface area contributed by atoms with Crippen LogP contribution < -0.4 is 10.9 Å². The molecule has 1 aromatic heterocycles. The topological polar surface area (TPSA) is 64.0 Å². The zero-order valence-corrected chi connectivity index (χ0v) is 17.7. The first kappa shape index (κ1) is 19.7. The summed E-state index contributed by atoms with van der Waals surface area (Å²) in [4.78, 5) is 29.7. The summed E-state index contributed by atoms with van der Waals surface area (Å²) in [5.74, 6) is 0.753. The number of benzene rings is 2. The van der Waals surface area contributed by atoms with Crippen LogP contribution in [-0.4, -0.2) is 15.5 Å². The summed E-state index contributed by atoms with van der Waals surface area (Å²) < 4.78 is 1.80. The predicted molar refractivity (Wildman–Crippen MR) is 117 cm³/mol. The smallest absolute Gasteiger partial charge is 0.279 e. The number of aromatic nitrogens is 2. The van der Waals surface area contributed by atoms with Crippen molar-refractivity contribution in [2.24, 2.45) is 7.05 Å². The van der Waals surface area contributed by atoms with Crippen LogP contribution in [0.4, 0.5) is 5.82 Å². The summed E-state index contributed by atoms with van der Waals surface area (Å²) in [7, 11) is 1.82. The number of nitrogens with one attached hydrogen (secondary N) is 1. The van der Waals surface area contributed by atoms with Crippen molar-refractivity contribution in [1.29, 1.82) is 0 Å². The SMILES string of the molecule is Cc1cccc(C2CC(=O)Nc3c2c(=O)nc(SCc2cccc(Cl)c2)n3C)c1. The Kier molecular flexibility index (Phi) is 5.48. The Bertz CT molecular complexity index is 1160. The van der Waals surface area contributed by atoms with Gasteiger partial charge in [0, 0.05) is 30.2 Å². The van der Waals surface area contributed by atoms with Crippen LogP contribution in [0.2, 0.25) is 5.02 Å². The Labute approximate surface area is 178 Å². The van der Waals surface area contributed by atoms with Gasteiger partial charge in [-0.1, -0.05) is 65.3 Å². The molecule has 1 amide bonds. The lowest BCUT2D eigenvalue weighted by Gasteiger charge is -2.27. The van der Waals surface area contributed by atoms with Crippen LogP contribution in [0.3, 0.4) is 0 Å². The van der Waals surface area contributed by atoms with E-state index in [0.29, 0.717) is 27.3 Å². The Morgan fingerprint density at radius 3 is 2.76 bits per heavy atom. The number of carbonyl (C=O) groups is 1. The molecular formula is C22H20ClN3O2S. The third kappa shape index (κ3) is 4.09. The number of halogens is 1. The van der Waals surface area contributed by atoms with Gasteiger partial charge in [0.1, 0.15) is 5.82 Å². The molecule has 7 heteroatoms. The molecule has 1 atom stereocenters. The monoisotopic (exact) mass is 425 g/mol. The molecule has 0 aliphatic carbocycles. The lowest BCUT2D eigenvalue weighted by Crippen LogP contribution is -2.33. The Morgan fingerprint density at radius 2 is 2.00 bits per heavy atom. The maximum absolute atomic E-state index is 13.0. The molecule has 5 nitrogen and oxygen atoms in total. The van der Waals surface area contributed by atoms with Gasteiger partial charge < -0.3 is 9.88 Å². The second-order valence-corrected chi connectivity index (χ2v) is 8.54. The number of aryl methyl sites for hydroxylation is 1. The van der Waals surface area contributed by atoms with Gasteiger partial charge >= 0.3 is 0 Å². The minimum atomic E-state index is -0.295. The molecule has 148 valence electrons. The number of fused-ring (bicyclic) bond motifs is 1. The molecule has 0 bridgehead atoms. The highest BCUT2D eigenvalue weighted by Gasteiger charge is 2.32.